The topological polar surface area (TPSA) is 97.5 Å². The smallest absolute Gasteiger partial charge is 0.423 e. The van der Waals surface area contributed by atoms with Crippen LogP contribution in [-0.2, 0) is 4.65 Å². The Morgan fingerprint density at radius 3 is 3.05 bits per heavy atom. The lowest BCUT2D eigenvalue weighted by Crippen LogP contribution is -2.28. The summed E-state index contributed by atoms with van der Waals surface area (Å²) in [5.74, 6) is 0. The molecule has 2 N–H and O–H groups in total. The lowest BCUT2D eigenvalue weighted by molar-refractivity contribution is -0.490. The van der Waals surface area contributed by atoms with Gasteiger partial charge in [-0.05, 0) is 35.3 Å². The summed E-state index contributed by atoms with van der Waals surface area (Å²) in [5.41, 5.74) is 1.97. The Kier molecular flexibility index (Phi) is 4.28. The van der Waals surface area contributed by atoms with Crippen molar-refractivity contribution < 1.29 is 14.6 Å². The Bertz CT molecular complexity index is 688. The molecule has 1 aliphatic heterocycles. The zero-order chi connectivity index (χ0) is 15.5. The van der Waals surface area contributed by atoms with Crippen molar-refractivity contribution in [2.75, 3.05) is 11.3 Å². The number of anilines is 1. The number of fused-ring (bicyclic) bond motifs is 1. The average Bonchev–Trinajstić information content (AvgIpc) is 2.81. The number of rotatable bonds is 5. The molecule has 9 heteroatoms. The van der Waals surface area contributed by atoms with E-state index in [2.05, 4.69) is 9.71 Å². The van der Waals surface area contributed by atoms with Gasteiger partial charge in [0.05, 0.1) is 0 Å². The molecule has 3 rings (SSSR count). The van der Waals surface area contributed by atoms with Gasteiger partial charge in [-0.2, -0.15) is 0 Å². The van der Waals surface area contributed by atoms with Gasteiger partial charge in [0, 0.05) is 28.8 Å². The molecular formula is C13H12BN3O4S. The van der Waals surface area contributed by atoms with E-state index in [1.165, 1.54) is 11.9 Å². The summed E-state index contributed by atoms with van der Waals surface area (Å²) in [4.78, 5) is 14.3. The van der Waals surface area contributed by atoms with Gasteiger partial charge in [-0.3, -0.25) is 10.1 Å². The molecule has 0 aliphatic carbocycles. The van der Waals surface area contributed by atoms with Crippen LogP contribution in [0.3, 0.4) is 0 Å². The standard InChI is InChI=1S/C13H12BN3O4S/c18-14-11-7-9(16-22-13-3-1-2-6-15-13)4-5-10(11)12(21-14)8-17(19)20/h1-7,12,16,18H,8H2. The quantitative estimate of drug-likeness (QED) is 0.370. The summed E-state index contributed by atoms with van der Waals surface area (Å²) in [6.07, 6.45) is 0.990. The van der Waals surface area contributed by atoms with Crippen LogP contribution in [0.4, 0.5) is 5.69 Å². The summed E-state index contributed by atoms with van der Waals surface area (Å²) in [6, 6.07) is 10.9. The molecule has 7 nitrogen and oxygen atoms in total. The number of nitrogens with one attached hydrogen (secondary N) is 1. The van der Waals surface area contributed by atoms with Crippen LogP contribution in [0.25, 0.3) is 0 Å². The maximum atomic E-state index is 10.6. The molecule has 0 bridgehead atoms. The monoisotopic (exact) mass is 317 g/mol. The van der Waals surface area contributed by atoms with Crippen LogP contribution in [0.1, 0.15) is 11.7 Å². The average molecular weight is 317 g/mol. The first-order valence-corrected chi connectivity index (χ1v) is 7.38. The fraction of sp³-hybridized carbons (Fsp3) is 0.154. The van der Waals surface area contributed by atoms with E-state index in [-0.39, 0.29) is 6.54 Å². The summed E-state index contributed by atoms with van der Waals surface area (Å²) >= 11 is 1.34. The molecule has 22 heavy (non-hydrogen) atoms. The van der Waals surface area contributed by atoms with Crippen molar-refractivity contribution in [3.8, 4) is 0 Å². The Morgan fingerprint density at radius 1 is 1.45 bits per heavy atom. The van der Waals surface area contributed by atoms with Crippen molar-refractivity contribution in [1.29, 1.82) is 0 Å². The Hall–Kier alpha value is -2.10. The lowest BCUT2D eigenvalue weighted by Gasteiger charge is -2.08. The normalized spacial score (nSPS) is 16.4. The van der Waals surface area contributed by atoms with Crippen LogP contribution >= 0.6 is 11.9 Å². The van der Waals surface area contributed by atoms with Crippen LogP contribution in [-0.4, -0.2) is 28.6 Å². The largest absolute Gasteiger partial charge is 0.492 e. The maximum absolute atomic E-state index is 10.6. The van der Waals surface area contributed by atoms with Gasteiger partial charge < -0.3 is 14.4 Å². The van der Waals surface area contributed by atoms with Gasteiger partial charge >= 0.3 is 7.12 Å². The SMILES string of the molecule is O=[N+]([O-])CC1OB(O)c2cc(NSc3ccccn3)ccc21. The molecule has 0 fully saturated rings. The molecule has 0 saturated carbocycles. The van der Waals surface area contributed by atoms with Gasteiger partial charge in [0.1, 0.15) is 11.1 Å². The van der Waals surface area contributed by atoms with E-state index in [4.69, 9.17) is 4.65 Å². The van der Waals surface area contributed by atoms with Crippen LogP contribution in [0.15, 0.2) is 47.6 Å². The summed E-state index contributed by atoms with van der Waals surface area (Å²) in [7, 11) is -1.14. The second kappa shape index (κ2) is 6.35. The molecule has 0 radical (unpaired) electrons. The predicted molar refractivity (Wildman–Crippen MR) is 83.5 cm³/mol. The molecule has 2 aromatic rings. The van der Waals surface area contributed by atoms with Crippen LogP contribution in [0, 0.1) is 10.1 Å². The van der Waals surface area contributed by atoms with Crippen molar-refractivity contribution in [3.63, 3.8) is 0 Å². The lowest BCUT2D eigenvalue weighted by atomic mass is 9.79. The molecule has 1 aromatic heterocycles. The van der Waals surface area contributed by atoms with Gasteiger partial charge in [-0.15, -0.1) is 0 Å². The number of aromatic nitrogens is 1. The Balaban J connectivity index is 1.74. The van der Waals surface area contributed by atoms with Crippen molar-refractivity contribution in [2.24, 2.45) is 0 Å². The number of hydrogen-bond acceptors (Lipinski definition) is 7. The predicted octanol–water partition coefficient (Wildman–Crippen LogP) is 1.24. The summed E-state index contributed by atoms with van der Waals surface area (Å²) in [6.45, 7) is -0.362. The molecule has 2 heterocycles. The van der Waals surface area contributed by atoms with E-state index in [1.807, 2.05) is 18.2 Å². The van der Waals surface area contributed by atoms with Crippen LogP contribution in [0.2, 0.25) is 0 Å². The van der Waals surface area contributed by atoms with Crippen molar-refractivity contribution in [2.45, 2.75) is 11.1 Å². The fourth-order valence-corrected chi connectivity index (χ4v) is 2.85. The highest BCUT2D eigenvalue weighted by Crippen LogP contribution is 2.27. The van der Waals surface area contributed by atoms with Crippen LogP contribution in [0.5, 0.6) is 0 Å². The van der Waals surface area contributed by atoms with E-state index in [0.29, 0.717) is 11.0 Å². The highest BCUT2D eigenvalue weighted by atomic mass is 32.2. The van der Waals surface area contributed by atoms with Gasteiger partial charge in [-0.25, -0.2) is 4.98 Å². The zero-order valence-electron chi connectivity index (χ0n) is 11.4. The molecule has 1 aromatic carbocycles. The molecule has 0 spiro atoms. The van der Waals surface area contributed by atoms with Gasteiger partial charge in [0.15, 0.2) is 0 Å². The minimum Gasteiger partial charge on any atom is -0.423 e. The summed E-state index contributed by atoms with van der Waals surface area (Å²) < 4.78 is 8.35. The second-order valence-corrected chi connectivity index (χ2v) is 5.53. The molecular weight excluding hydrogens is 305 g/mol. The minimum atomic E-state index is -1.14. The molecule has 0 amide bonds. The zero-order valence-corrected chi connectivity index (χ0v) is 12.2. The Labute approximate surface area is 131 Å². The molecule has 0 saturated heterocycles. The second-order valence-electron chi connectivity index (χ2n) is 4.71. The number of hydrogen-bond donors (Lipinski definition) is 2. The maximum Gasteiger partial charge on any atom is 0.492 e. The minimum absolute atomic E-state index is 0.362. The van der Waals surface area contributed by atoms with E-state index in [9.17, 15) is 15.1 Å². The van der Waals surface area contributed by atoms with Crippen molar-refractivity contribution in [1.82, 2.24) is 4.98 Å². The first-order valence-electron chi connectivity index (χ1n) is 6.56. The first-order chi connectivity index (χ1) is 10.6. The number of benzene rings is 1. The molecule has 1 unspecified atom stereocenters. The van der Waals surface area contributed by atoms with Gasteiger partial charge in [0.25, 0.3) is 0 Å². The number of nitro groups is 1. The highest BCUT2D eigenvalue weighted by Gasteiger charge is 2.37. The highest BCUT2D eigenvalue weighted by molar-refractivity contribution is 8.00. The first kappa shape index (κ1) is 14.8. The van der Waals surface area contributed by atoms with E-state index >= 15 is 0 Å². The van der Waals surface area contributed by atoms with Gasteiger partial charge in [-0.1, -0.05) is 12.1 Å². The molecule has 1 aliphatic rings. The summed E-state index contributed by atoms with van der Waals surface area (Å²) in [5, 5.41) is 21.3. The van der Waals surface area contributed by atoms with E-state index in [0.717, 1.165) is 10.7 Å². The van der Waals surface area contributed by atoms with Crippen molar-refractivity contribution >= 4 is 30.2 Å². The van der Waals surface area contributed by atoms with E-state index in [1.54, 1.807) is 24.4 Å². The fourth-order valence-electron chi connectivity index (χ4n) is 2.24. The van der Waals surface area contributed by atoms with Crippen LogP contribution < -0.4 is 10.2 Å². The molecule has 1 atom stereocenters. The number of pyridine rings is 1. The van der Waals surface area contributed by atoms with Gasteiger partial charge in [0.2, 0.25) is 6.54 Å². The van der Waals surface area contributed by atoms with Crippen molar-refractivity contribution in [3.05, 3.63) is 58.3 Å². The third kappa shape index (κ3) is 3.21. The Morgan fingerprint density at radius 2 is 2.32 bits per heavy atom. The number of nitrogens with zero attached hydrogens (tertiary/aromatic N) is 2. The van der Waals surface area contributed by atoms with E-state index < -0.39 is 18.1 Å². The molecule has 112 valence electrons. The third-order valence-electron chi connectivity index (χ3n) is 3.22. The third-order valence-corrected chi connectivity index (χ3v) is 4.01.